The van der Waals surface area contributed by atoms with Gasteiger partial charge in [0.1, 0.15) is 0 Å². The van der Waals surface area contributed by atoms with Gasteiger partial charge in [0, 0.05) is 10.5 Å². The smallest absolute Gasteiger partial charge is 0.161 e. The second-order valence-corrected chi connectivity index (χ2v) is 4.56. The number of ether oxygens (including phenoxy) is 2. The second kappa shape index (κ2) is 6.11. The van der Waals surface area contributed by atoms with Gasteiger partial charge < -0.3 is 15.2 Å². The first kappa shape index (κ1) is 13.3. The molecule has 0 heterocycles. The fraction of sp³-hybridized carbons (Fsp3) is 0.500. The number of benzene rings is 1. The summed E-state index contributed by atoms with van der Waals surface area (Å²) in [6.45, 7) is 4.55. The Kier molecular flexibility index (Phi) is 5.09. The van der Waals surface area contributed by atoms with Crippen molar-refractivity contribution >= 4 is 15.9 Å². The summed E-state index contributed by atoms with van der Waals surface area (Å²) in [6.07, 6.45) is 0.810. The van der Waals surface area contributed by atoms with Crippen LogP contribution in [0.2, 0.25) is 0 Å². The molecule has 1 rings (SSSR count). The fourth-order valence-corrected chi connectivity index (χ4v) is 1.99. The van der Waals surface area contributed by atoms with Crippen molar-refractivity contribution in [2.24, 2.45) is 5.73 Å². The van der Waals surface area contributed by atoms with E-state index in [-0.39, 0.29) is 6.04 Å². The average Bonchev–Trinajstić information content (AvgIpc) is 2.22. The Bertz CT molecular complexity index is 353. The highest BCUT2D eigenvalue weighted by Gasteiger charge is 2.11. The lowest BCUT2D eigenvalue weighted by atomic mass is 10.1. The van der Waals surface area contributed by atoms with Gasteiger partial charge in [0.05, 0.1) is 13.7 Å². The van der Waals surface area contributed by atoms with Crippen molar-refractivity contribution in [3.8, 4) is 11.5 Å². The molecule has 0 aromatic heterocycles. The van der Waals surface area contributed by atoms with Crippen molar-refractivity contribution in [3.63, 3.8) is 0 Å². The first-order valence-electron chi connectivity index (χ1n) is 5.33. The molecule has 0 fully saturated rings. The maximum atomic E-state index is 5.80. The number of hydrogen-bond donors (Lipinski definition) is 1. The summed E-state index contributed by atoms with van der Waals surface area (Å²) in [5, 5.41) is 0. The van der Waals surface area contributed by atoms with E-state index in [1.165, 1.54) is 0 Å². The molecule has 3 nitrogen and oxygen atoms in total. The molecular formula is C12H18BrNO2. The van der Waals surface area contributed by atoms with E-state index in [0.29, 0.717) is 6.61 Å². The second-order valence-electron chi connectivity index (χ2n) is 3.71. The van der Waals surface area contributed by atoms with Crippen LogP contribution in [0.25, 0.3) is 0 Å². The molecule has 0 saturated heterocycles. The number of nitrogens with two attached hydrogens (primary N) is 1. The van der Waals surface area contributed by atoms with Gasteiger partial charge in [0.2, 0.25) is 0 Å². The normalized spacial score (nSPS) is 12.3. The van der Waals surface area contributed by atoms with Gasteiger partial charge in [0.25, 0.3) is 0 Å². The first-order chi connectivity index (χ1) is 7.58. The van der Waals surface area contributed by atoms with Crippen LogP contribution >= 0.6 is 15.9 Å². The van der Waals surface area contributed by atoms with Crippen LogP contribution in [0.4, 0.5) is 0 Å². The third-order valence-electron chi connectivity index (χ3n) is 2.17. The molecule has 16 heavy (non-hydrogen) atoms. The Morgan fingerprint density at radius 2 is 2.06 bits per heavy atom. The van der Waals surface area contributed by atoms with Gasteiger partial charge in [-0.25, -0.2) is 0 Å². The summed E-state index contributed by atoms with van der Waals surface area (Å²) >= 11 is 3.51. The van der Waals surface area contributed by atoms with E-state index in [2.05, 4.69) is 15.9 Å². The van der Waals surface area contributed by atoms with Crippen molar-refractivity contribution < 1.29 is 9.47 Å². The highest BCUT2D eigenvalue weighted by atomic mass is 79.9. The molecule has 1 atom stereocenters. The Labute approximate surface area is 105 Å². The van der Waals surface area contributed by atoms with Crippen LogP contribution in [-0.2, 0) is 6.42 Å². The largest absolute Gasteiger partial charge is 0.493 e. The summed E-state index contributed by atoms with van der Waals surface area (Å²) in [5.41, 5.74) is 6.93. The maximum absolute atomic E-state index is 5.80. The van der Waals surface area contributed by atoms with Crippen LogP contribution in [0.1, 0.15) is 19.4 Å². The van der Waals surface area contributed by atoms with Gasteiger partial charge >= 0.3 is 0 Å². The molecule has 2 N–H and O–H groups in total. The summed E-state index contributed by atoms with van der Waals surface area (Å²) in [6, 6.07) is 4.03. The molecule has 0 radical (unpaired) electrons. The zero-order valence-corrected chi connectivity index (χ0v) is 11.5. The van der Waals surface area contributed by atoms with E-state index >= 15 is 0 Å². The van der Waals surface area contributed by atoms with Gasteiger partial charge in [-0.05, 0) is 38.0 Å². The van der Waals surface area contributed by atoms with Gasteiger partial charge in [-0.3, -0.25) is 0 Å². The topological polar surface area (TPSA) is 44.5 Å². The SMILES string of the molecule is CCOc1cc(CC(C)N)c(Br)cc1OC. The van der Waals surface area contributed by atoms with E-state index < -0.39 is 0 Å². The predicted octanol–water partition coefficient (Wildman–Crippen LogP) is 2.75. The third kappa shape index (κ3) is 3.39. The minimum absolute atomic E-state index is 0.124. The Morgan fingerprint density at radius 1 is 1.38 bits per heavy atom. The predicted molar refractivity (Wildman–Crippen MR) is 69.2 cm³/mol. The van der Waals surface area contributed by atoms with Gasteiger partial charge in [-0.15, -0.1) is 0 Å². The quantitative estimate of drug-likeness (QED) is 0.906. The van der Waals surface area contributed by atoms with Crippen LogP contribution in [0.3, 0.4) is 0 Å². The van der Waals surface area contributed by atoms with Crippen LogP contribution in [0.15, 0.2) is 16.6 Å². The lowest BCUT2D eigenvalue weighted by molar-refractivity contribution is 0.310. The molecule has 90 valence electrons. The zero-order valence-electron chi connectivity index (χ0n) is 9.92. The lowest BCUT2D eigenvalue weighted by Crippen LogP contribution is -2.18. The molecule has 4 heteroatoms. The van der Waals surface area contributed by atoms with Crippen LogP contribution in [0, 0.1) is 0 Å². The van der Waals surface area contributed by atoms with Gasteiger partial charge in [-0.2, -0.15) is 0 Å². The maximum Gasteiger partial charge on any atom is 0.161 e. The van der Waals surface area contributed by atoms with Crippen molar-refractivity contribution in [2.45, 2.75) is 26.3 Å². The summed E-state index contributed by atoms with van der Waals surface area (Å²) in [7, 11) is 1.63. The van der Waals surface area contributed by atoms with Crippen molar-refractivity contribution in [1.29, 1.82) is 0 Å². The number of halogens is 1. The third-order valence-corrected chi connectivity index (χ3v) is 2.91. The minimum Gasteiger partial charge on any atom is -0.493 e. The highest BCUT2D eigenvalue weighted by Crippen LogP contribution is 2.33. The van der Waals surface area contributed by atoms with E-state index in [1.54, 1.807) is 7.11 Å². The van der Waals surface area contributed by atoms with Crippen molar-refractivity contribution in [3.05, 3.63) is 22.2 Å². The van der Waals surface area contributed by atoms with E-state index in [0.717, 1.165) is 28.0 Å². The van der Waals surface area contributed by atoms with E-state index in [9.17, 15) is 0 Å². The standard InChI is InChI=1S/C12H18BrNO2/c1-4-16-12-6-9(5-8(2)14)10(13)7-11(12)15-3/h6-8H,4-5,14H2,1-3H3. The molecule has 0 aliphatic heterocycles. The molecule has 1 aromatic rings. The first-order valence-corrected chi connectivity index (χ1v) is 6.12. The fourth-order valence-electron chi connectivity index (χ4n) is 1.51. The zero-order chi connectivity index (χ0) is 12.1. The van der Waals surface area contributed by atoms with Crippen molar-refractivity contribution in [2.75, 3.05) is 13.7 Å². The van der Waals surface area contributed by atoms with Crippen LogP contribution in [0.5, 0.6) is 11.5 Å². The highest BCUT2D eigenvalue weighted by molar-refractivity contribution is 9.10. The molecule has 0 aliphatic carbocycles. The Balaban J connectivity index is 3.06. The summed E-state index contributed by atoms with van der Waals surface area (Å²) in [4.78, 5) is 0. The summed E-state index contributed by atoms with van der Waals surface area (Å²) in [5.74, 6) is 1.51. The summed E-state index contributed by atoms with van der Waals surface area (Å²) < 4.78 is 11.8. The van der Waals surface area contributed by atoms with Gasteiger partial charge in [-0.1, -0.05) is 15.9 Å². The average molecular weight is 288 g/mol. The lowest BCUT2D eigenvalue weighted by Gasteiger charge is -2.14. The molecule has 1 aromatic carbocycles. The molecule has 0 aliphatic rings. The Morgan fingerprint density at radius 3 is 2.56 bits per heavy atom. The Hall–Kier alpha value is -0.740. The molecule has 1 unspecified atom stereocenters. The molecule has 0 saturated carbocycles. The van der Waals surface area contributed by atoms with Crippen molar-refractivity contribution in [1.82, 2.24) is 0 Å². The molecular weight excluding hydrogens is 270 g/mol. The molecule has 0 amide bonds. The van der Waals surface area contributed by atoms with E-state index in [1.807, 2.05) is 26.0 Å². The van der Waals surface area contributed by atoms with Crippen LogP contribution in [-0.4, -0.2) is 19.8 Å². The number of rotatable bonds is 5. The number of methoxy groups -OCH3 is 1. The molecule has 0 spiro atoms. The van der Waals surface area contributed by atoms with E-state index in [4.69, 9.17) is 15.2 Å². The number of hydrogen-bond acceptors (Lipinski definition) is 3. The van der Waals surface area contributed by atoms with Gasteiger partial charge in [0.15, 0.2) is 11.5 Å². The van der Waals surface area contributed by atoms with Crippen LogP contribution < -0.4 is 15.2 Å². The monoisotopic (exact) mass is 287 g/mol. The molecule has 0 bridgehead atoms. The minimum atomic E-state index is 0.124.